The molecule has 2 amide bonds. The van der Waals surface area contributed by atoms with Crippen molar-refractivity contribution in [1.82, 2.24) is 26.1 Å². The largest absolute Gasteiger partial charge is 0.358 e. The Hall–Kier alpha value is -2.75. The third kappa shape index (κ3) is 62.7. The molecular weight excluding hydrogens is 616 g/mol. The van der Waals surface area contributed by atoms with E-state index in [0.717, 1.165) is 24.8 Å². The molecule has 278 valence electrons. The van der Waals surface area contributed by atoms with Gasteiger partial charge in [-0.1, -0.05) is 105 Å². The van der Waals surface area contributed by atoms with E-state index in [0.29, 0.717) is 43.9 Å². The van der Waals surface area contributed by atoms with Crippen molar-refractivity contribution in [2.45, 2.75) is 100 Å². The lowest BCUT2D eigenvalue weighted by Gasteiger charge is -2.23. The predicted molar refractivity (Wildman–Crippen MR) is 209 cm³/mol. The number of hydrogen-bond acceptors (Lipinski definition) is 8. The first-order valence-electron chi connectivity index (χ1n) is 16.5. The second-order valence-electron chi connectivity index (χ2n) is 8.69. The molecule has 0 spiro atoms. The minimum absolute atomic E-state index is 0.289. The summed E-state index contributed by atoms with van der Waals surface area (Å²) in [6.07, 6.45) is 17.7. The third-order valence-electron chi connectivity index (χ3n) is 4.82. The van der Waals surface area contributed by atoms with Gasteiger partial charge in [0.05, 0.1) is 6.54 Å². The molecule has 0 saturated heterocycles. The number of nitrogens with one attached hydrogen (secondary N) is 3. The van der Waals surface area contributed by atoms with E-state index < -0.39 is 6.54 Å². The lowest BCUT2D eigenvalue weighted by atomic mass is 10.1. The molecule has 11 heteroatoms. The minimum Gasteiger partial charge on any atom is -0.358 e. The molecular formula is C36H73FN6O3S. The highest BCUT2D eigenvalue weighted by Crippen LogP contribution is 2.05. The molecule has 3 unspecified atom stereocenters. The first-order chi connectivity index (χ1) is 22.6. The molecule has 9 nitrogen and oxygen atoms in total. The smallest absolute Gasteiger partial charge is 0.289 e. The van der Waals surface area contributed by atoms with Crippen LogP contribution in [0.1, 0.15) is 89.0 Å². The normalized spacial score (nSPS) is 11.4. The molecule has 0 aromatic carbocycles. The van der Waals surface area contributed by atoms with Crippen molar-refractivity contribution >= 4 is 31.1 Å². The van der Waals surface area contributed by atoms with Gasteiger partial charge in [-0.15, -0.1) is 6.58 Å². The van der Waals surface area contributed by atoms with E-state index in [1.807, 2.05) is 93.8 Å². The number of thioether (sulfide) groups is 1. The maximum Gasteiger partial charge on any atom is 0.289 e. The van der Waals surface area contributed by atoms with Gasteiger partial charge < -0.3 is 10.6 Å². The average molecular weight is 689 g/mol. The van der Waals surface area contributed by atoms with Crippen molar-refractivity contribution in [3.8, 4) is 11.8 Å². The van der Waals surface area contributed by atoms with Gasteiger partial charge >= 0.3 is 0 Å². The van der Waals surface area contributed by atoms with Gasteiger partial charge in [0.25, 0.3) is 6.54 Å². The average Bonchev–Trinajstić information content (AvgIpc) is 3.09. The number of nitrogens with two attached hydrogens (primary N) is 1. The fourth-order valence-corrected chi connectivity index (χ4v) is 2.89. The molecule has 3 atom stereocenters. The van der Waals surface area contributed by atoms with E-state index in [1.165, 1.54) is 0 Å². The predicted octanol–water partition coefficient (Wildman–Crippen LogP) is 6.74. The van der Waals surface area contributed by atoms with E-state index in [9.17, 15) is 14.0 Å². The van der Waals surface area contributed by atoms with E-state index in [4.69, 9.17) is 10.6 Å². The zero-order valence-electron chi connectivity index (χ0n) is 32.4. The Morgan fingerprint density at radius 1 is 1.06 bits per heavy atom. The monoisotopic (exact) mass is 689 g/mol. The van der Waals surface area contributed by atoms with E-state index in [1.54, 1.807) is 34.9 Å². The molecule has 0 aliphatic rings. The number of nitrogens with zero attached hydrogens (tertiary/aromatic N) is 2. The Balaban J connectivity index is -0.000000103. The van der Waals surface area contributed by atoms with Gasteiger partial charge in [-0.25, -0.2) is 10.4 Å². The van der Waals surface area contributed by atoms with Crippen LogP contribution >= 0.6 is 11.8 Å². The van der Waals surface area contributed by atoms with Crippen molar-refractivity contribution < 1.29 is 18.8 Å². The van der Waals surface area contributed by atoms with Gasteiger partial charge in [0, 0.05) is 43.5 Å². The van der Waals surface area contributed by atoms with E-state index in [2.05, 4.69) is 60.5 Å². The Bertz CT molecular complexity index is 774. The summed E-state index contributed by atoms with van der Waals surface area (Å²) in [6.45, 7) is 27.3. The van der Waals surface area contributed by atoms with Crippen molar-refractivity contribution in [1.29, 1.82) is 0 Å². The Kier molecular flexibility index (Phi) is 74.6. The number of halogens is 1. The maximum atomic E-state index is 10.8. The minimum atomic E-state index is -0.750. The molecule has 0 aliphatic heterocycles. The molecule has 0 saturated carbocycles. The van der Waals surface area contributed by atoms with Gasteiger partial charge in [0.1, 0.15) is 0 Å². The zero-order valence-corrected chi connectivity index (χ0v) is 33.2. The second kappa shape index (κ2) is 58.8. The van der Waals surface area contributed by atoms with Crippen LogP contribution < -0.4 is 21.9 Å². The molecule has 0 fully saturated rings. The standard InChI is InChI=1S/C16H27N3.C10H21N3O2S.C3H6.3C2H6.CHFO/c1-5-10-15(12-9-14-19(4)17)11-7-8-13-16(6-2)18-3;1-9(4-11-7-14)5-12-13(8-15)6-10(2)16-3;1-3-2;3*1-2;2-1-3/h5,7-8,10-11,16,18H,6,13-14,17H2,1-4H3;7-10,12H,4-6H2,1-3H3,(H,11,14);3H,1H2,2H3;3*1-2H3;1H/b8-7+,10-5-,15-11+;;;;;;. The zero-order chi connectivity index (χ0) is 38.3. The lowest BCUT2D eigenvalue weighted by molar-refractivity contribution is -0.121. The van der Waals surface area contributed by atoms with Crippen LogP contribution in [-0.2, 0) is 14.4 Å². The molecule has 0 radical (unpaired) electrons. The van der Waals surface area contributed by atoms with Crippen LogP contribution in [0.25, 0.3) is 0 Å². The summed E-state index contributed by atoms with van der Waals surface area (Å²) >= 11 is 1.72. The molecule has 5 N–H and O–H groups in total. The lowest BCUT2D eigenvalue weighted by Crippen LogP contribution is -2.43. The third-order valence-corrected chi connectivity index (χ3v) is 5.77. The number of carbonyl (C=O) groups excluding carboxylic acids is 3. The maximum absolute atomic E-state index is 10.8. The van der Waals surface area contributed by atoms with Crippen LogP contribution in [0.2, 0.25) is 0 Å². The van der Waals surface area contributed by atoms with Gasteiger partial charge in [-0.3, -0.25) is 25.2 Å². The van der Waals surface area contributed by atoms with E-state index in [-0.39, 0.29) is 5.92 Å². The Labute approximate surface area is 294 Å². The Morgan fingerprint density at radius 2 is 1.60 bits per heavy atom. The summed E-state index contributed by atoms with van der Waals surface area (Å²) < 4.78 is 9.61. The van der Waals surface area contributed by atoms with Crippen LogP contribution in [-0.4, -0.2) is 87.2 Å². The fraction of sp³-hybridized carbons (Fsp3) is 0.639. The summed E-state index contributed by atoms with van der Waals surface area (Å²) in [5, 5.41) is 9.41. The highest BCUT2D eigenvalue weighted by Gasteiger charge is 2.08. The Morgan fingerprint density at radius 3 is 1.98 bits per heavy atom. The quantitative estimate of drug-likeness (QED) is 0.0252. The molecule has 0 bridgehead atoms. The number of hydrogen-bond donors (Lipinski definition) is 4. The number of carbonyl (C=O) groups is 3. The molecule has 0 aromatic heterocycles. The molecule has 0 aliphatic carbocycles. The molecule has 0 heterocycles. The number of amides is 2. The van der Waals surface area contributed by atoms with Crippen LogP contribution in [0.15, 0.2) is 48.6 Å². The van der Waals surface area contributed by atoms with Crippen LogP contribution in [0, 0.1) is 17.8 Å². The van der Waals surface area contributed by atoms with Gasteiger partial charge in [-0.05, 0) is 52.0 Å². The summed E-state index contributed by atoms with van der Waals surface area (Å²) in [7, 11) is 3.80. The molecule has 47 heavy (non-hydrogen) atoms. The van der Waals surface area contributed by atoms with Gasteiger partial charge in [0.15, 0.2) is 0 Å². The number of rotatable bonds is 17. The molecule has 0 rings (SSSR count). The summed E-state index contributed by atoms with van der Waals surface area (Å²) in [6, 6.07) is 0.548. The highest BCUT2D eigenvalue weighted by atomic mass is 32.2. The van der Waals surface area contributed by atoms with Crippen LogP contribution in [0.5, 0.6) is 0 Å². The SMILES string of the molecule is C=CC.CC.CC.CC.CSC(C)CN(C=O)NCC(C)CNC=O.C\C=C/C(C#CCN(C)N)=C\C=C\CC(CC)NC.O=CF. The first kappa shape index (κ1) is 59.7. The van der Waals surface area contributed by atoms with Crippen LogP contribution in [0.4, 0.5) is 4.39 Å². The second-order valence-corrected chi connectivity index (χ2v) is 9.97. The van der Waals surface area contributed by atoms with Crippen LogP contribution in [0.3, 0.4) is 0 Å². The van der Waals surface area contributed by atoms with Crippen molar-refractivity contribution in [2.75, 3.05) is 46.5 Å². The van der Waals surface area contributed by atoms with Gasteiger partial charge in [0.2, 0.25) is 12.8 Å². The summed E-state index contributed by atoms with van der Waals surface area (Å²) in [5.74, 6) is 11.9. The number of hydrazine groups is 2. The fourth-order valence-electron chi connectivity index (χ4n) is 2.58. The van der Waals surface area contributed by atoms with Gasteiger partial charge in [-0.2, -0.15) is 16.2 Å². The molecule has 0 aromatic rings. The van der Waals surface area contributed by atoms with Crippen molar-refractivity contribution in [3.05, 3.63) is 48.6 Å². The van der Waals surface area contributed by atoms with Crippen molar-refractivity contribution in [2.24, 2.45) is 11.8 Å². The van der Waals surface area contributed by atoms with Crippen molar-refractivity contribution in [3.63, 3.8) is 0 Å². The summed E-state index contributed by atoms with van der Waals surface area (Å²) in [5.41, 5.74) is 4.04. The van der Waals surface area contributed by atoms with E-state index >= 15 is 0 Å². The summed E-state index contributed by atoms with van der Waals surface area (Å²) in [4.78, 5) is 29.0. The highest BCUT2D eigenvalue weighted by molar-refractivity contribution is 7.99. The first-order valence-corrected chi connectivity index (χ1v) is 17.8. The number of allylic oxidation sites excluding steroid dienone is 6. The topological polar surface area (TPSA) is 120 Å².